The molecule has 1 atom stereocenters. The second-order valence-corrected chi connectivity index (χ2v) is 5.73. The van der Waals surface area contributed by atoms with Crippen LogP contribution in [-0.2, 0) is 4.79 Å². The van der Waals surface area contributed by atoms with Gasteiger partial charge in [-0.15, -0.1) is 0 Å². The molecule has 0 aliphatic carbocycles. The van der Waals surface area contributed by atoms with Crippen LogP contribution in [0.25, 0.3) is 0 Å². The van der Waals surface area contributed by atoms with Crippen LogP contribution >= 0.6 is 0 Å². The van der Waals surface area contributed by atoms with Crippen LogP contribution in [0.5, 0.6) is 0 Å². The predicted molar refractivity (Wildman–Crippen MR) is 71.0 cm³/mol. The second-order valence-electron chi connectivity index (χ2n) is 5.73. The van der Waals surface area contributed by atoms with E-state index in [0.29, 0.717) is 6.54 Å². The summed E-state index contributed by atoms with van der Waals surface area (Å²) in [5.74, 6) is -0.0131. The SMILES string of the molecule is CN(C)CCN1C(CC#N)C(=O)NCCC1(C)C. The van der Waals surface area contributed by atoms with Gasteiger partial charge in [0.05, 0.1) is 12.5 Å². The van der Waals surface area contributed by atoms with Gasteiger partial charge in [0.15, 0.2) is 0 Å². The normalized spacial score (nSPS) is 24.4. The van der Waals surface area contributed by atoms with Gasteiger partial charge in [0.25, 0.3) is 0 Å². The number of likely N-dealkylation sites (N-methyl/N-ethyl adjacent to an activating group) is 1. The third kappa shape index (κ3) is 3.69. The fourth-order valence-electron chi connectivity index (χ4n) is 2.37. The number of nitrogens with one attached hydrogen (secondary N) is 1. The summed E-state index contributed by atoms with van der Waals surface area (Å²) in [4.78, 5) is 16.3. The number of nitriles is 1. The van der Waals surface area contributed by atoms with Crippen molar-refractivity contribution in [1.29, 1.82) is 5.26 Å². The number of amides is 1. The maximum Gasteiger partial charge on any atom is 0.238 e. The molecule has 1 amide bonds. The van der Waals surface area contributed by atoms with Crippen molar-refractivity contribution in [2.45, 2.75) is 38.3 Å². The van der Waals surface area contributed by atoms with E-state index in [4.69, 9.17) is 5.26 Å². The van der Waals surface area contributed by atoms with E-state index in [1.54, 1.807) is 0 Å². The molecule has 0 spiro atoms. The molecule has 5 heteroatoms. The van der Waals surface area contributed by atoms with Crippen LogP contribution < -0.4 is 5.32 Å². The number of carbonyl (C=O) groups excluding carboxylic acids is 1. The summed E-state index contributed by atoms with van der Waals surface area (Å²) < 4.78 is 0. The Kier molecular flexibility index (Phi) is 5.12. The Bertz CT molecular complexity index is 332. The molecule has 0 aromatic heterocycles. The highest BCUT2D eigenvalue weighted by atomic mass is 16.2. The van der Waals surface area contributed by atoms with Gasteiger partial charge in [-0.05, 0) is 34.4 Å². The van der Waals surface area contributed by atoms with Crippen molar-refractivity contribution in [3.63, 3.8) is 0 Å². The van der Waals surface area contributed by atoms with Gasteiger partial charge < -0.3 is 10.2 Å². The van der Waals surface area contributed by atoms with Gasteiger partial charge in [-0.3, -0.25) is 9.69 Å². The first-order chi connectivity index (χ1) is 8.38. The number of hydrogen-bond acceptors (Lipinski definition) is 4. The summed E-state index contributed by atoms with van der Waals surface area (Å²) in [6.07, 6.45) is 1.16. The molecule has 0 aromatic carbocycles. The van der Waals surface area contributed by atoms with E-state index < -0.39 is 0 Å². The smallest absolute Gasteiger partial charge is 0.238 e. The molecular formula is C13H24N4O. The molecule has 0 saturated carbocycles. The van der Waals surface area contributed by atoms with Gasteiger partial charge in [-0.25, -0.2) is 0 Å². The van der Waals surface area contributed by atoms with Gasteiger partial charge in [-0.2, -0.15) is 5.26 Å². The minimum atomic E-state index is -0.326. The minimum absolute atomic E-state index is 0.0131. The van der Waals surface area contributed by atoms with E-state index in [-0.39, 0.29) is 23.9 Å². The van der Waals surface area contributed by atoms with Crippen LogP contribution in [0.3, 0.4) is 0 Å². The topological polar surface area (TPSA) is 59.4 Å². The molecule has 1 aliphatic heterocycles. The number of rotatable bonds is 4. The van der Waals surface area contributed by atoms with E-state index in [2.05, 4.69) is 35.0 Å². The van der Waals surface area contributed by atoms with Crippen LogP contribution in [0.2, 0.25) is 0 Å². The lowest BCUT2D eigenvalue weighted by atomic mass is 9.96. The molecule has 0 bridgehead atoms. The molecule has 1 N–H and O–H groups in total. The Balaban J connectivity index is 2.90. The van der Waals surface area contributed by atoms with E-state index in [0.717, 1.165) is 19.5 Å². The molecule has 18 heavy (non-hydrogen) atoms. The lowest BCUT2D eigenvalue weighted by molar-refractivity contribution is -0.127. The van der Waals surface area contributed by atoms with Gasteiger partial charge >= 0.3 is 0 Å². The van der Waals surface area contributed by atoms with Gasteiger partial charge in [0.1, 0.15) is 6.04 Å². The zero-order valence-electron chi connectivity index (χ0n) is 11.9. The monoisotopic (exact) mass is 252 g/mol. The molecule has 5 nitrogen and oxygen atoms in total. The summed E-state index contributed by atoms with van der Waals surface area (Å²) in [7, 11) is 4.04. The zero-order chi connectivity index (χ0) is 13.8. The summed E-state index contributed by atoms with van der Waals surface area (Å²) in [5.41, 5.74) is -0.0588. The number of carbonyl (C=O) groups is 1. The fraction of sp³-hybridized carbons (Fsp3) is 0.846. The Morgan fingerprint density at radius 2 is 2.22 bits per heavy atom. The first-order valence-electron chi connectivity index (χ1n) is 6.44. The summed E-state index contributed by atoms with van der Waals surface area (Å²) in [6.45, 7) is 6.67. The number of hydrogen-bond donors (Lipinski definition) is 1. The molecule has 1 aliphatic rings. The Labute approximate surface area is 110 Å². The largest absolute Gasteiger partial charge is 0.355 e. The highest BCUT2D eigenvalue weighted by Crippen LogP contribution is 2.25. The van der Waals surface area contributed by atoms with Crippen LogP contribution in [-0.4, -0.2) is 61.0 Å². The van der Waals surface area contributed by atoms with E-state index in [9.17, 15) is 4.79 Å². The molecule has 1 unspecified atom stereocenters. The van der Waals surface area contributed by atoms with Crippen molar-refractivity contribution in [3.05, 3.63) is 0 Å². The van der Waals surface area contributed by atoms with Crippen LogP contribution in [0.1, 0.15) is 26.7 Å². The summed E-state index contributed by atoms with van der Waals surface area (Å²) in [5, 5.41) is 11.8. The highest BCUT2D eigenvalue weighted by molar-refractivity contribution is 5.82. The fourth-order valence-corrected chi connectivity index (χ4v) is 2.37. The zero-order valence-corrected chi connectivity index (χ0v) is 11.9. The third-order valence-electron chi connectivity index (χ3n) is 3.57. The molecule has 1 fully saturated rings. The van der Waals surface area contributed by atoms with E-state index in [1.165, 1.54) is 0 Å². The quantitative estimate of drug-likeness (QED) is 0.788. The Morgan fingerprint density at radius 3 is 2.78 bits per heavy atom. The van der Waals surface area contributed by atoms with Crippen molar-refractivity contribution < 1.29 is 4.79 Å². The Morgan fingerprint density at radius 1 is 1.56 bits per heavy atom. The predicted octanol–water partition coefficient (Wildman–Crippen LogP) is 0.431. The molecule has 1 rings (SSSR count). The van der Waals surface area contributed by atoms with Gasteiger partial charge in [0, 0.05) is 25.2 Å². The highest BCUT2D eigenvalue weighted by Gasteiger charge is 2.38. The summed E-state index contributed by atoms with van der Waals surface area (Å²) in [6, 6.07) is 1.81. The summed E-state index contributed by atoms with van der Waals surface area (Å²) >= 11 is 0. The standard InChI is InChI=1S/C13H24N4O/c1-13(2)6-8-15-12(18)11(5-7-14)17(13)10-9-16(3)4/h11H,5-6,8-10H2,1-4H3,(H,15,18). The van der Waals surface area contributed by atoms with Crippen molar-refractivity contribution in [1.82, 2.24) is 15.1 Å². The van der Waals surface area contributed by atoms with Crippen molar-refractivity contribution in [2.24, 2.45) is 0 Å². The van der Waals surface area contributed by atoms with Gasteiger partial charge in [0.2, 0.25) is 5.91 Å². The first-order valence-corrected chi connectivity index (χ1v) is 6.44. The second kappa shape index (κ2) is 6.17. The van der Waals surface area contributed by atoms with Crippen molar-refractivity contribution in [2.75, 3.05) is 33.7 Å². The average Bonchev–Trinajstić information content (AvgIpc) is 2.35. The van der Waals surface area contributed by atoms with Crippen LogP contribution in [0.4, 0.5) is 0 Å². The Hall–Kier alpha value is -1.12. The van der Waals surface area contributed by atoms with Crippen molar-refractivity contribution >= 4 is 5.91 Å². The number of nitrogens with zero attached hydrogens (tertiary/aromatic N) is 3. The first kappa shape index (κ1) is 14.9. The molecular weight excluding hydrogens is 228 g/mol. The maximum absolute atomic E-state index is 12.0. The van der Waals surface area contributed by atoms with Gasteiger partial charge in [-0.1, -0.05) is 0 Å². The lowest BCUT2D eigenvalue weighted by Gasteiger charge is -2.40. The molecule has 102 valence electrons. The van der Waals surface area contributed by atoms with Crippen molar-refractivity contribution in [3.8, 4) is 6.07 Å². The van der Waals surface area contributed by atoms with Crippen LogP contribution in [0.15, 0.2) is 0 Å². The average molecular weight is 252 g/mol. The third-order valence-corrected chi connectivity index (χ3v) is 3.57. The maximum atomic E-state index is 12.0. The van der Waals surface area contributed by atoms with E-state index in [1.807, 2.05) is 14.1 Å². The molecule has 0 radical (unpaired) electrons. The van der Waals surface area contributed by atoms with E-state index >= 15 is 0 Å². The minimum Gasteiger partial charge on any atom is -0.355 e. The molecule has 1 saturated heterocycles. The molecule has 0 aromatic rings. The van der Waals surface area contributed by atoms with Crippen LogP contribution in [0, 0.1) is 11.3 Å². The molecule has 1 heterocycles. The lowest BCUT2D eigenvalue weighted by Crippen LogP contribution is -2.54.